The molecule has 0 saturated heterocycles. The van der Waals surface area contributed by atoms with Crippen LogP contribution in [0.1, 0.15) is 68.6 Å². The summed E-state index contributed by atoms with van der Waals surface area (Å²) in [4.78, 5) is 16.8. The molecule has 3 heteroatoms. The maximum atomic E-state index is 12.8. The summed E-state index contributed by atoms with van der Waals surface area (Å²) in [5.74, 6) is 0.236. The zero-order chi connectivity index (χ0) is 17.4. The normalized spacial score (nSPS) is 12.3. The second-order valence-electron chi connectivity index (χ2n) is 7.98. The van der Waals surface area contributed by atoms with Crippen molar-refractivity contribution < 1.29 is 9.90 Å². The van der Waals surface area contributed by atoms with Gasteiger partial charge in [0.1, 0.15) is 5.75 Å². The van der Waals surface area contributed by atoms with Gasteiger partial charge in [0.2, 0.25) is 0 Å². The minimum Gasteiger partial charge on any atom is -0.507 e. The summed E-state index contributed by atoms with van der Waals surface area (Å²) in [5.41, 5.74) is 2.29. The number of rotatable bonds is 2. The van der Waals surface area contributed by atoms with E-state index in [0.717, 1.165) is 11.1 Å². The first-order valence-corrected chi connectivity index (χ1v) is 7.84. The maximum Gasteiger partial charge on any atom is 0.193 e. The SMILES string of the molecule is CC(C)(C)c1cc(C(=O)c2ccncc2)cc(C(C)(C)C)c1O. The Bertz CT molecular complexity index is 685. The predicted octanol–water partition coefficient (Wildman–Crippen LogP) is 4.61. The number of phenolic OH excluding ortho intramolecular Hbond substituents is 1. The van der Waals surface area contributed by atoms with Gasteiger partial charge in [-0.1, -0.05) is 41.5 Å². The molecule has 0 bridgehead atoms. The first-order valence-electron chi connectivity index (χ1n) is 7.84. The van der Waals surface area contributed by atoms with Crippen LogP contribution < -0.4 is 0 Å². The first-order chi connectivity index (χ1) is 10.5. The summed E-state index contributed by atoms with van der Waals surface area (Å²) in [6, 6.07) is 7.05. The van der Waals surface area contributed by atoms with Gasteiger partial charge < -0.3 is 5.11 Å². The van der Waals surface area contributed by atoms with Crippen molar-refractivity contribution in [1.29, 1.82) is 0 Å². The monoisotopic (exact) mass is 311 g/mol. The number of hydrogen-bond donors (Lipinski definition) is 1. The number of nitrogens with zero attached hydrogens (tertiary/aromatic N) is 1. The summed E-state index contributed by atoms with van der Waals surface area (Å²) < 4.78 is 0. The van der Waals surface area contributed by atoms with Gasteiger partial charge in [0.15, 0.2) is 5.78 Å². The summed E-state index contributed by atoms with van der Waals surface area (Å²) in [7, 11) is 0. The highest BCUT2D eigenvalue weighted by molar-refractivity contribution is 6.09. The summed E-state index contributed by atoms with van der Waals surface area (Å²) >= 11 is 0. The number of pyridine rings is 1. The second kappa shape index (κ2) is 5.80. The highest BCUT2D eigenvalue weighted by Crippen LogP contribution is 2.40. The number of carbonyl (C=O) groups is 1. The van der Waals surface area contributed by atoms with E-state index >= 15 is 0 Å². The molecule has 1 aromatic heterocycles. The lowest BCUT2D eigenvalue weighted by Gasteiger charge is -2.28. The van der Waals surface area contributed by atoms with Crippen LogP contribution in [0.4, 0.5) is 0 Å². The average Bonchev–Trinajstić information content (AvgIpc) is 2.45. The van der Waals surface area contributed by atoms with E-state index < -0.39 is 0 Å². The fourth-order valence-electron chi connectivity index (χ4n) is 2.58. The molecule has 0 saturated carbocycles. The van der Waals surface area contributed by atoms with Gasteiger partial charge in [-0.3, -0.25) is 9.78 Å². The molecule has 0 radical (unpaired) electrons. The van der Waals surface area contributed by atoms with Crippen LogP contribution >= 0.6 is 0 Å². The minimum absolute atomic E-state index is 0.0524. The molecule has 2 rings (SSSR count). The number of carbonyl (C=O) groups excluding carboxylic acids is 1. The van der Waals surface area contributed by atoms with E-state index in [1.165, 1.54) is 0 Å². The number of ketones is 1. The van der Waals surface area contributed by atoms with Crippen LogP contribution in [0.15, 0.2) is 36.7 Å². The summed E-state index contributed by atoms with van der Waals surface area (Å²) in [6.07, 6.45) is 3.23. The Labute approximate surface area is 138 Å². The molecule has 0 amide bonds. The van der Waals surface area contributed by atoms with Gasteiger partial charge in [-0.2, -0.15) is 0 Å². The second-order valence-corrected chi connectivity index (χ2v) is 7.98. The fraction of sp³-hybridized carbons (Fsp3) is 0.400. The molecule has 0 spiro atoms. The third-order valence-corrected chi connectivity index (χ3v) is 3.93. The van der Waals surface area contributed by atoms with E-state index in [0.29, 0.717) is 11.1 Å². The maximum absolute atomic E-state index is 12.8. The quantitative estimate of drug-likeness (QED) is 0.824. The Morgan fingerprint density at radius 1 is 0.870 bits per heavy atom. The molecule has 0 atom stereocenters. The molecule has 0 aliphatic rings. The highest BCUT2D eigenvalue weighted by atomic mass is 16.3. The van der Waals surface area contributed by atoms with Crippen molar-refractivity contribution in [2.75, 3.05) is 0 Å². The molecule has 0 fully saturated rings. The average molecular weight is 311 g/mol. The highest BCUT2D eigenvalue weighted by Gasteiger charge is 2.27. The Hall–Kier alpha value is -2.16. The van der Waals surface area contributed by atoms with Crippen molar-refractivity contribution in [1.82, 2.24) is 4.98 Å². The van der Waals surface area contributed by atoms with E-state index in [1.807, 2.05) is 53.7 Å². The molecule has 1 aromatic carbocycles. The molecule has 2 aromatic rings. The minimum atomic E-state index is -0.251. The van der Waals surface area contributed by atoms with E-state index in [9.17, 15) is 9.90 Å². The molecule has 122 valence electrons. The first kappa shape index (κ1) is 17.2. The third kappa shape index (κ3) is 3.61. The number of benzene rings is 1. The molecule has 0 aliphatic carbocycles. The smallest absolute Gasteiger partial charge is 0.193 e. The van der Waals surface area contributed by atoms with Gasteiger partial charge >= 0.3 is 0 Å². The van der Waals surface area contributed by atoms with Crippen LogP contribution in [0.2, 0.25) is 0 Å². The molecule has 0 aliphatic heterocycles. The predicted molar refractivity (Wildman–Crippen MR) is 93.2 cm³/mol. The number of aromatic hydroxyl groups is 1. The molecular formula is C20H25NO2. The van der Waals surface area contributed by atoms with Crippen LogP contribution in [-0.2, 0) is 10.8 Å². The van der Waals surface area contributed by atoms with Crippen LogP contribution in [0.25, 0.3) is 0 Å². The van der Waals surface area contributed by atoms with E-state index in [2.05, 4.69) is 4.98 Å². The Balaban J connectivity index is 2.68. The van der Waals surface area contributed by atoms with Crippen molar-refractivity contribution in [2.24, 2.45) is 0 Å². The Morgan fingerprint density at radius 3 is 1.70 bits per heavy atom. The van der Waals surface area contributed by atoms with E-state index in [4.69, 9.17) is 0 Å². The molecule has 23 heavy (non-hydrogen) atoms. The van der Waals surface area contributed by atoms with Crippen molar-refractivity contribution in [3.8, 4) is 5.75 Å². The van der Waals surface area contributed by atoms with Gasteiger partial charge in [0.25, 0.3) is 0 Å². The zero-order valence-corrected chi connectivity index (χ0v) is 14.8. The van der Waals surface area contributed by atoms with Gasteiger partial charge in [-0.25, -0.2) is 0 Å². The van der Waals surface area contributed by atoms with Crippen molar-refractivity contribution in [3.63, 3.8) is 0 Å². The molecule has 1 N–H and O–H groups in total. The van der Waals surface area contributed by atoms with E-state index in [1.54, 1.807) is 24.5 Å². The van der Waals surface area contributed by atoms with Crippen LogP contribution in [-0.4, -0.2) is 15.9 Å². The van der Waals surface area contributed by atoms with E-state index in [-0.39, 0.29) is 22.4 Å². The molecule has 0 unspecified atom stereocenters. The largest absolute Gasteiger partial charge is 0.507 e. The van der Waals surface area contributed by atoms with Gasteiger partial charge in [-0.05, 0) is 35.1 Å². The third-order valence-electron chi connectivity index (χ3n) is 3.93. The van der Waals surface area contributed by atoms with Gasteiger partial charge in [0.05, 0.1) is 0 Å². The van der Waals surface area contributed by atoms with Crippen LogP contribution in [0.5, 0.6) is 5.75 Å². The number of aromatic nitrogens is 1. The molecule has 3 nitrogen and oxygen atoms in total. The lowest BCUT2D eigenvalue weighted by molar-refractivity contribution is 0.103. The molecular weight excluding hydrogens is 286 g/mol. The fourth-order valence-corrected chi connectivity index (χ4v) is 2.58. The molecule has 1 heterocycles. The van der Waals surface area contributed by atoms with Gasteiger partial charge in [0, 0.05) is 34.6 Å². The topological polar surface area (TPSA) is 50.2 Å². The van der Waals surface area contributed by atoms with Crippen molar-refractivity contribution in [2.45, 2.75) is 52.4 Å². The summed E-state index contributed by atoms with van der Waals surface area (Å²) in [6.45, 7) is 12.2. The Morgan fingerprint density at radius 2 is 1.30 bits per heavy atom. The lowest BCUT2D eigenvalue weighted by atomic mass is 9.78. The number of phenols is 1. The summed E-state index contributed by atoms with van der Waals surface area (Å²) in [5, 5.41) is 10.7. The van der Waals surface area contributed by atoms with Crippen LogP contribution in [0.3, 0.4) is 0 Å². The van der Waals surface area contributed by atoms with Crippen molar-refractivity contribution >= 4 is 5.78 Å². The van der Waals surface area contributed by atoms with Crippen LogP contribution in [0, 0.1) is 0 Å². The van der Waals surface area contributed by atoms with Crippen molar-refractivity contribution in [3.05, 3.63) is 58.9 Å². The zero-order valence-electron chi connectivity index (χ0n) is 14.8. The number of hydrogen-bond acceptors (Lipinski definition) is 3. The lowest BCUT2D eigenvalue weighted by Crippen LogP contribution is -2.19. The van der Waals surface area contributed by atoms with Gasteiger partial charge in [-0.15, -0.1) is 0 Å². The standard InChI is InChI=1S/C20H25NO2/c1-19(2,3)15-11-14(12-16(18(15)23)20(4,5)6)17(22)13-7-9-21-10-8-13/h7-12,23H,1-6H3. The Kier molecular flexibility index (Phi) is 4.34.